The molecule has 5 N–H and O–H groups in total. The molecule has 1 aromatic rings. The molecule has 1 aromatic carbocycles. The van der Waals surface area contributed by atoms with Crippen LogP contribution >= 0.6 is 0 Å². The number of unbranched alkanes of at least 4 members (excludes halogenated alkanes) is 2. The summed E-state index contributed by atoms with van der Waals surface area (Å²) in [5, 5.41) is 15.0. The van der Waals surface area contributed by atoms with E-state index in [4.69, 9.17) is 10.5 Å². The van der Waals surface area contributed by atoms with Crippen molar-refractivity contribution in [3.8, 4) is 5.75 Å². The first kappa shape index (κ1) is 29.7. The van der Waals surface area contributed by atoms with E-state index in [1.165, 1.54) is 17.0 Å². The Labute approximate surface area is 207 Å². The topological polar surface area (TPSA) is 151 Å². The van der Waals surface area contributed by atoms with Gasteiger partial charge in [0.2, 0.25) is 17.7 Å². The van der Waals surface area contributed by atoms with Crippen LogP contribution in [0, 0.1) is 0 Å². The Morgan fingerprint density at radius 1 is 1.06 bits per heavy atom. The van der Waals surface area contributed by atoms with Crippen LogP contribution in [0.25, 0.3) is 0 Å². The van der Waals surface area contributed by atoms with Gasteiger partial charge in [0.05, 0.1) is 6.42 Å². The standard InChI is InChI=1S/C25H40N4O6/c1-7-8-9-14-29(21(22(32)27-16(2)3)17-10-12-18(30)13-11-17)23(33)19(15-20(26)31)28-24(34)35-25(4,5)6/h10-13,16,19,21,30H,7-9,14-15H2,1-6H3,(H2,26,31)(H,27,32)(H,28,34). The summed E-state index contributed by atoms with van der Waals surface area (Å²) in [5.74, 6) is -1.84. The van der Waals surface area contributed by atoms with E-state index in [9.17, 15) is 24.3 Å². The summed E-state index contributed by atoms with van der Waals surface area (Å²) in [6.07, 6.45) is 0.944. The minimum atomic E-state index is -1.32. The van der Waals surface area contributed by atoms with Crippen LogP contribution in [0.4, 0.5) is 4.79 Å². The summed E-state index contributed by atoms with van der Waals surface area (Å²) in [7, 11) is 0. The third kappa shape index (κ3) is 10.7. The van der Waals surface area contributed by atoms with Gasteiger partial charge in [-0.3, -0.25) is 14.4 Å². The van der Waals surface area contributed by atoms with E-state index in [0.29, 0.717) is 12.0 Å². The van der Waals surface area contributed by atoms with Gasteiger partial charge in [-0.25, -0.2) is 4.79 Å². The predicted molar refractivity (Wildman–Crippen MR) is 132 cm³/mol. The van der Waals surface area contributed by atoms with Gasteiger partial charge >= 0.3 is 6.09 Å². The third-order valence-electron chi connectivity index (χ3n) is 4.88. The maximum atomic E-state index is 13.8. The Balaban J connectivity index is 3.45. The molecule has 0 aromatic heterocycles. The van der Waals surface area contributed by atoms with Crippen molar-refractivity contribution < 1.29 is 29.0 Å². The second-order valence-electron chi connectivity index (χ2n) is 9.77. The summed E-state index contributed by atoms with van der Waals surface area (Å²) in [6.45, 7) is 10.8. The van der Waals surface area contributed by atoms with Crippen LogP contribution in [0.3, 0.4) is 0 Å². The van der Waals surface area contributed by atoms with Gasteiger partial charge in [-0.15, -0.1) is 0 Å². The van der Waals surface area contributed by atoms with Crippen molar-refractivity contribution in [2.24, 2.45) is 5.73 Å². The Bertz CT molecular complexity index is 864. The normalized spacial score (nSPS) is 13.0. The fourth-order valence-corrected chi connectivity index (χ4v) is 3.44. The van der Waals surface area contributed by atoms with E-state index in [2.05, 4.69) is 10.6 Å². The number of primary amides is 1. The van der Waals surface area contributed by atoms with Crippen LogP contribution in [-0.2, 0) is 19.1 Å². The van der Waals surface area contributed by atoms with Gasteiger partial charge in [0.25, 0.3) is 0 Å². The van der Waals surface area contributed by atoms with Crippen LogP contribution in [0.15, 0.2) is 24.3 Å². The van der Waals surface area contributed by atoms with E-state index in [1.807, 2.05) is 6.92 Å². The number of carbonyl (C=O) groups is 4. The zero-order valence-corrected chi connectivity index (χ0v) is 21.6. The van der Waals surface area contributed by atoms with E-state index in [-0.39, 0.29) is 18.3 Å². The number of benzene rings is 1. The molecule has 0 saturated carbocycles. The lowest BCUT2D eigenvalue weighted by atomic mass is 10.0. The average molecular weight is 493 g/mol. The van der Waals surface area contributed by atoms with Crippen molar-refractivity contribution in [1.29, 1.82) is 0 Å². The van der Waals surface area contributed by atoms with Crippen molar-refractivity contribution in [3.05, 3.63) is 29.8 Å². The number of amides is 4. The molecule has 4 amide bonds. The number of aromatic hydroxyl groups is 1. The number of ether oxygens (including phenoxy) is 1. The van der Waals surface area contributed by atoms with Crippen molar-refractivity contribution in [3.63, 3.8) is 0 Å². The first-order valence-electron chi connectivity index (χ1n) is 11.9. The summed E-state index contributed by atoms with van der Waals surface area (Å²) >= 11 is 0. The van der Waals surface area contributed by atoms with Crippen molar-refractivity contribution in [2.75, 3.05) is 6.54 Å². The lowest BCUT2D eigenvalue weighted by Gasteiger charge is -2.34. The highest BCUT2D eigenvalue weighted by molar-refractivity contribution is 5.94. The van der Waals surface area contributed by atoms with Crippen molar-refractivity contribution in [1.82, 2.24) is 15.5 Å². The molecule has 10 heteroatoms. The number of hydrogen-bond acceptors (Lipinski definition) is 6. The number of phenols is 1. The molecule has 10 nitrogen and oxygen atoms in total. The van der Waals surface area contributed by atoms with E-state index < -0.39 is 47.9 Å². The minimum Gasteiger partial charge on any atom is -0.508 e. The molecule has 0 fully saturated rings. The molecule has 1 rings (SSSR count). The Morgan fingerprint density at radius 3 is 2.14 bits per heavy atom. The second kappa shape index (κ2) is 13.6. The maximum absolute atomic E-state index is 13.8. The molecule has 0 aliphatic rings. The lowest BCUT2D eigenvalue weighted by molar-refractivity contribution is -0.143. The number of nitrogens with one attached hydrogen (secondary N) is 2. The van der Waals surface area contributed by atoms with Gasteiger partial charge < -0.3 is 31.1 Å². The van der Waals surface area contributed by atoms with Gasteiger partial charge in [0, 0.05) is 12.6 Å². The van der Waals surface area contributed by atoms with Crippen LogP contribution in [0.2, 0.25) is 0 Å². The van der Waals surface area contributed by atoms with E-state index in [1.54, 1.807) is 46.8 Å². The molecule has 2 unspecified atom stereocenters. The van der Waals surface area contributed by atoms with Gasteiger partial charge in [-0.2, -0.15) is 0 Å². The highest BCUT2D eigenvalue weighted by atomic mass is 16.6. The number of hydrogen-bond donors (Lipinski definition) is 4. The number of rotatable bonds is 12. The van der Waals surface area contributed by atoms with Gasteiger partial charge in [-0.05, 0) is 58.7 Å². The molecule has 0 aliphatic carbocycles. The number of nitrogens with zero attached hydrogens (tertiary/aromatic N) is 1. The SMILES string of the molecule is CCCCCN(C(=O)C(CC(N)=O)NC(=O)OC(C)(C)C)C(C(=O)NC(C)C)c1ccc(O)cc1. The Morgan fingerprint density at radius 2 is 1.66 bits per heavy atom. The lowest BCUT2D eigenvalue weighted by Crippen LogP contribution is -2.54. The molecule has 0 bridgehead atoms. The minimum absolute atomic E-state index is 0.0128. The highest BCUT2D eigenvalue weighted by Crippen LogP contribution is 2.26. The van der Waals surface area contributed by atoms with Crippen LogP contribution in [-0.4, -0.2) is 58.1 Å². The maximum Gasteiger partial charge on any atom is 0.408 e. The molecule has 196 valence electrons. The van der Waals surface area contributed by atoms with Crippen molar-refractivity contribution in [2.45, 2.75) is 91.0 Å². The predicted octanol–water partition coefficient (Wildman–Crippen LogP) is 2.75. The number of alkyl carbamates (subject to hydrolysis) is 1. The summed E-state index contributed by atoms with van der Waals surface area (Å²) < 4.78 is 5.26. The first-order valence-corrected chi connectivity index (χ1v) is 11.9. The Hall–Kier alpha value is -3.30. The number of carbonyl (C=O) groups excluding carboxylic acids is 4. The fraction of sp³-hybridized carbons (Fsp3) is 0.600. The van der Waals surface area contributed by atoms with Crippen LogP contribution < -0.4 is 16.4 Å². The van der Waals surface area contributed by atoms with Crippen LogP contribution in [0.5, 0.6) is 5.75 Å². The molecular weight excluding hydrogens is 452 g/mol. The first-order chi connectivity index (χ1) is 16.2. The van der Waals surface area contributed by atoms with Crippen molar-refractivity contribution >= 4 is 23.8 Å². The molecule has 0 radical (unpaired) electrons. The Kier molecular flexibility index (Phi) is 11.5. The van der Waals surface area contributed by atoms with E-state index >= 15 is 0 Å². The summed E-state index contributed by atoms with van der Waals surface area (Å²) in [5.41, 5.74) is 5.03. The number of phenolic OH excluding ortho intramolecular Hbond substituents is 1. The second-order valence-corrected chi connectivity index (χ2v) is 9.77. The van der Waals surface area contributed by atoms with Gasteiger partial charge in [-0.1, -0.05) is 31.9 Å². The smallest absolute Gasteiger partial charge is 0.408 e. The molecule has 0 aliphatic heterocycles. The molecule has 0 spiro atoms. The van der Waals surface area contributed by atoms with Crippen LogP contribution in [0.1, 0.15) is 78.8 Å². The summed E-state index contributed by atoms with van der Waals surface area (Å²) in [4.78, 5) is 52.6. The third-order valence-corrected chi connectivity index (χ3v) is 4.88. The largest absolute Gasteiger partial charge is 0.508 e. The fourth-order valence-electron chi connectivity index (χ4n) is 3.44. The quantitative estimate of drug-likeness (QED) is 0.329. The van der Waals surface area contributed by atoms with E-state index in [0.717, 1.165) is 12.8 Å². The molecule has 35 heavy (non-hydrogen) atoms. The average Bonchev–Trinajstić information content (AvgIpc) is 2.71. The zero-order chi connectivity index (χ0) is 26.8. The molecule has 0 heterocycles. The number of nitrogens with two attached hydrogens (primary N) is 1. The van der Waals surface area contributed by atoms with Gasteiger partial charge in [0.1, 0.15) is 23.4 Å². The zero-order valence-electron chi connectivity index (χ0n) is 21.6. The van der Waals surface area contributed by atoms with Gasteiger partial charge in [0.15, 0.2) is 0 Å². The molecule has 2 atom stereocenters. The highest BCUT2D eigenvalue weighted by Gasteiger charge is 2.36. The monoisotopic (exact) mass is 492 g/mol. The molecule has 0 saturated heterocycles. The summed E-state index contributed by atoms with van der Waals surface area (Å²) in [6, 6.07) is 3.40. The molecular formula is C25H40N4O6.